The van der Waals surface area contributed by atoms with Gasteiger partial charge in [0.1, 0.15) is 16.4 Å². The number of methoxy groups -OCH3 is 1. The number of ether oxygens (including phenoxy) is 1. The van der Waals surface area contributed by atoms with Crippen molar-refractivity contribution >= 4 is 21.6 Å². The molecule has 5 aromatic rings. The number of hydrogen-bond acceptors (Lipinski definition) is 6. The second-order valence-electron chi connectivity index (χ2n) is 9.50. The SMILES string of the molecule is COc1cc(-c2sc3c(c2C)c(=O)n(-c2ccc(F)cc2)c(=O)n3CC2CCN2)ccc1-n1cnc(C)c1. The summed E-state index contributed by atoms with van der Waals surface area (Å²) in [7, 11) is 1.62. The lowest BCUT2D eigenvalue weighted by molar-refractivity contribution is 0.329. The van der Waals surface area contributed by atoms with Crippen LogP contribution in [0.15, 0.2) is 64.6 Å². The standard InChI is InChI=1S/C28H26FN5O3S/c1-16-13-32(15-31-16)22-9-4-18(12-23(22)37-3)25-17(2)24-26(35)34(21-7-5-19(29)6-8-21)28(36)33(27(24)38-25)14-20-10-11-30-20/h4-9,12-13,15,20,30H,10-11,14H2,1-3H3. The molecule has 1 unspecified atom stereocenters. The number of aromatic nitrogens is 4. The fourth-order valence-corrected chi connectivity index (χ4v) is 6.21. The zero-order valence-corrected chi connectivity index (χ0v) is 22.0. The predicted molar refractivity (Wildman–Crippen MR) is 147 cm³/mol. The Labute approximate surface area is 221 Å². The minimum absolute atomic E-state index is 0.152. The van der Waals surface area contributed by atoms with E-state index in [-0.39, 0.29) is 6.04 Å². The van der Waals surface area contributed by atoms with Gasteiger partial charge >= 0.3 is 5.69 Å². The van der Waals surface area contributed by atoms with Crippen molar-refractivity contribution in [1.82, 2.24) is 24.0 Å². The van der Waals surface area contributed by atoms with Gasteiger partial charge in [-0.05, 0) is 74.3 Å². The molecule has 1 aliphatic heterocycles. The van der Waals surface area contributed by atoms with Crippen LogP contribution >= 0.6 is 11.3 Å². The molecule has 0 radical (unpaired) electrons. The Morgan fingerprint density at radius 3 is 2.55 bits per heavy atom. The van der Waals surface area contributed by atoms with Crippen LogP contribution in [0.2, 0.25) is 0 Å². The van der Waals surface area contributed by atoms with Crippen molar-refractivity contribution in [3.05, 3.63) is 92.9 Å². The molecule has 10 heteroatoms. The molecular weight excluding hydrogens is 505 g/mol. The average Bonchev–Trinajstić information content (AvgIpc) is 3.47. The van der Waals surface area contributed by atoms with Gasteiger partial charge in [0.15, 0.2) is 0 Å². The smallest absolute Gasteiger partial charge is 0.336 e. The summed E-state index contributed by atoms with van der Waals surface area (Å²) in [6.45, 7) is 5.17. The summed E-state index contributed by atoms with van der Waals surface area (Å²) >= 11 is 1.43. The second-order valence-corrected chi connectivity index (χ2v) is 10.5. The first-order chi connectivity index (χ1) is 18.4. The Morgan fingerprint density at radius 2 is 1.92 bits per heavy atom. The van der Waals surface area contributed by atoms with E-state index in [9.17, 15) is 14.0 Å². The molecular formula is C28H26FN5O3S. The fourth-order valence-electron chi connectivity index (χ4n) is 4.91. The van der Waals surface area contributed by atoms with Crippen LogP contribution in [0.4, 0.5) is 4.39 Å². The van der Waals surface area contributed by atoms with Crippen molar-refractivity contribution in [3.8, 4) is 27.6 Å². The molecule has 2 aromatic carbocycles. The maximum atomic E-state index is 13.8. The first-order valence-corrected chi connectivity index (χ1v) is 13.1. The largest absolute Gasteiger partial charge is 0.495 e. The third-order valence-corrected chi connectivity index (χ3v) is 8.42. The minimum atomic E-state index is -0.431. The van der Waals surface area contributed by atoms with Gasteiger partial charge in [-0.15, -0.1) is 11.3 Å². The lowest BCUT2D eigenvalue weighted by Gasteiger charge is -2.28. The molecule has 38 heavy (non-hydrogen) atoms. The zero-order chi connectivity index (χ0) is 26.6. The Balaban J connectivity index is 1.57. The second kappa shape index (κ2) is 9.38. The summed E-state index contributed by atoms with van der Waals surface area (Å²) in [6, 6.07) is 11.5. The minimum Gasteiger partial charge on any atom is -0.495 e. The van der Waals surface area contributed by atoms with Crippen LogP contribution < -0.4 is 21.3 Å². The Bertz CT molecular complexity index is 1790. The quantitative estimate of drug-likeness (QED) is 0.355. The number of halogens is 1. The van der Waals surface area contributed by atoms with E-state index in [2.05, 4.69) is 10.3 Å². The van der Waals surface area contributed by atoms with Crippen molar-refractivity contribution in [2.45, 2.75) is 32.9 Å². The summed E-state index contributed by atoms with van der Waals surface area (Å²) in [6.07, 6.45) is 4.61. The van der Waals surface area contributed by atoms with E-state index >= 15 is 0 Å². The van der Waals surface area contributed by atoms with E-state index < -0.39 is 17.1 Å². The molecule has 6 rings (SSSR count). The highest BCUT2D eigenvalue weighted by Gasteiger charge is 2.25. The highest BCUT2D eigenvalue weighted by atomic mass is 32.1. The summed E-state index contributed by atoms with van der Waals surface area (Å²) in [4.78, 5) is 33.3. The van der Waals surface area contributed by atoms with Gasteiger partial charge < -0.3 is 14.6 Å². The number of imidazole rings is 1. The lowest BCUT2D eigenvalue weighted by Crippen LogP contribution is -2.49. The van der Waals surface area contributed by atoms with Crippen LogP contribution in [-0.4, -0.2) is 38.4 Å². The van der Waals surface area contributed by atoms with Gasteiger partial charge in [-0.3, -0.25) is 9.36 Å². The van der Waals surface area contributed by atoms with Crippen molar-refractivity contribution in [3.63, 3.8) is 0 Å². The monoisotopic (exact) mass is 531 g/mol. The van der Waals surface area contributed by atoms with Crippen molar-refractivity contribution in [2.75, 3.05) is 13.7 Å². The van der Waals surface area contributed by atoms with E-state index in [4.69, 9.17) is 4.74 Å². The lowest BCUT2D eigenvalue weighted by atomic mass is 10.1. The summed E-state index contributed by atoms with van der Waals surface area (Å²) < 4.78 is 24.1. The van der Waals surface area contributed by atoms with E-state index in [1.54, 1.807) is 18.0 Å². The number of benzene rings is 2. The third kappa shape index (κ3) is 3.97. The van der Waals surface area contributed by atoms with Gasteiger partial charge in [0, 0.05) is 23.7 Å². The summed E-state index contributed by atoms with van der Waals surface area (Å²) in [5, 5.41) is 3.83. The first-order valence-electron chi connectivity index (χ1n) is 12.3. The number of fused-ring (bicyclic) bond motifs is 1. The molecule has 1 fully saturated rings. The number of nitrogens with zero attached hydrogens (tertiary/aromatic N) is 4. The van der Waals surface area contributed by atoms with Gasteiger partial charge in [-0.1, -0.05) is 6.07 Å². The number of aryl methyl sites for hydroxylation is 2. The van der Waals surface area contributed by atoms with Gasteiger partial charge in [0.25, 0.3) is 5.56 Å². The van der Waals surface area contributed by atoms with E-state index in [1.165, 1.54) is 35.6 Å². The third-order valence-electron chi connectivity index (χ3n) is 7.06. The Kier molecular flexibility index (Phi) is 6.00. The highest BCUT2D eigenvalue weighted by molar-refractivity contribution is 7.22. The summed E-state index contributed by atoms with van der Waals surface area (Å²) in [5.41, 5.74) is 2.91. The number of rotatable bonds is 6. The van der Waals surface area contributed by atoms with Crippen LogP contribution in [0.25, 0.3) is 32.0 Å². The highest BCUT2D eigenvalue weighted by Crippen LogP contribution is 2.39. The zero-order valence-electron chi connectivity index (χ0n) is 21.2. The molecule has 1 saturated heterocycles. The molecule has 194 valence electrons. The molecule has 1 aliphatic rings. The van der Waals surface area contributed by atoms with Gasteiger partial charge in [-0.2, -0.15) is 0 Å². The van der Waals surface area contributed by atoms with Crippen molar-refractivity contribution < 1.29 is 9.13 Å². The van der Waals surface area contributed by atoms with Gasteiger partial charge in [0.05, 0.1) is 35.9 Å². The van der Waals surface area contributed by atoms with Crippen molar-refractivity contribution in [1.29, 1.82) is 0 Å². The Morgan fingerprint density at radius 1 is 1.16 bits per heavy atom. The van der Waals surface area contributed by atoms with Crippen molar-refractivity contribution in [2.24, 2.45) is 0 Å². The molecule has 8 nitrogen and oxygen atoms in total. The number of hydrogen-bond donors (Lipinski definition) is 1. The van der Waals surface area contributed by atoms with Crippen LogP contribution in [0.1, 0.15) is 17.7 Å². The van der Waals surface area contributed by atoms with E-state index in [0.717, 1.165) is 44.9 Å². The summed E-state index contributed by atoms with van der Waals surface area (Å²) in [5.74, 6) is 0.232. The van der Waals surface area contributed by atoms with Crippen LogP contribution in [-0.2, 0) is 6.54 Å². The molecule has 3 aromatic heterocycles. The maximum absolute atomic E-state index is 13.8. The van der Waals surface area contributed by atoms with E-state index in [1.807, 2.05) is 42.8 Å². The Hall–Kier alpha value is -4.02. The first kappa shape index (κ1) is 24.3. The van der Waals surface area contributed by atoms with Crippen LogP contribution in [0, 0.1) is 19.7 Å². The molecule has 1 atom stereocenters. The van der Waals surface area contributed by atoms with E-state index in [0.29, 0.717) is 28.2 Å². The molecule has 0 amide bonds. The van der Waals surface area contributed by atoms with Gasteiger partial charge in [-0.25, -0.2) is 18.7 Å². The molecule has 0 aliphatic carbocycles. The average molecular weight is 532 g/mol. The normalized spacial score (nSPS) is 15.1. The van der Waals surface area contributed by atoms with Crippen LogP contribution in [0.5, 0.6) is 5.75 Å². The maximum Gasteiger partial charge on any atom is 0.336 e. The molecule has 0 spiro atoms. The topological polar surface area (TPSA) is 83.1 Å². The molecule has 0 saturated carbocycles. The molecule has 4 heterocycles. The molecule has 1 N–H and O–H groups in total. The van der Waals surface area contributed by atoms with Crippen LogP contribution in [0.3, 0.4) is 0 Å². The van der Waals surface area contributed by atoms with Gasteiger partial charge in [0.2, 0.25) is 0 Å². The fraction of sp³-hybridized carbons (Fsp3) is 0.250. The number of thiophene rings is 1. The molecule has 0 bridgehead atoms. The predicted octanol–water partition coefficient (Wildman–Crippen LogP) is 4.19. The number of nitrogens with one attached hydrogen (secondary N) is 1.